The summed E-state index contributed by atoms with van der Waals surface area (Å²) in [4.78, 5) is 31.5. The normalized spacial score (nSPS) is 18.8. The van der Waals surface area contributed by atoms with Crippen molar-refractivity contribution in [3.63, 3.8) is 0 Å². The first-order chi connectivity index (χ1) is 18.6. The molecule has 192 valence electrons. The summed E-state index contributed by atoms with van der Waals surface area (Å²) in [6.45, 7) is 0. The maximum Gasteiger partial charge on any atom is 0.269 e. The number of ketones is 1. The number of carbonyl (C=O) groups is 2. The summed E-state index contributed by atoms with van der Waals surface area (Å²) in [5.74, 6) is 1.18. The quantitative estimate of drug-likeness (QED) is 0.293. The van der Waals surface area contributed by atoms with Gasteiger partial charge in [0.1, 0.15) is 6.04 Å². The second-order valence-electron chi connectivity index (χ2n) is 9.25. The number of ether oxygens (including phenoxy) is 2. The van der Waals surface area contributed by atoms with Crippen LogP contribution in [0.2, 0.25) is 0 Å². The molecule has 8 heteroatoms. The van der Waals surface area contributed by atoms with Crippen LogP contribution in [-0.2, 0) is 4.79 Å². The lowest BCUT2D eigenvalue weighted by molar-refractivity contribution is -0.116. The number of carbonyl (C=O) groups excluding carboxylic acids is 2. The van der Waals surface area contributed by atoms with E-state index in [1.807, 2.05) is 77.5 Å². The topological polar surface area (TPSA) is 67.9 Å². The molecule has 1 amide bonds. The molecule has 6 rings (SSSR count). The van der Waals surface area contributed by atoms with Crippen molar-refractivity contribution >= 4 is 45.7 Å². The molecular weight excluding hydrogens is 516 g/mol. The van der Waals surface area contributed by atoms with Crippen molar-refractivity contribution in [2.45, 2.75) is 24.8 Å². The van der Waals surface area contributed by atoms with Crippen molar-refractivity contribution in [2.75, 3.05) is 24.4 Å². The van der Waals surface area contributed by atoms with Gasteiger partial charge in [-0.2, -0.15) is 0 Å². The first-order valence-electron chi connectivity index (χ1n) is 12.3. The number of Topliss-reactive ketones (excluding diaryl/α,β-unsaturated/α-hetero) is 1. The molecule has 0 spiro atoms. The molecule has 2 atom stereocenters. The molecule has 0 unspecified atom stereocenters. The van der Waals surface area contributed by atoms with E-state index in [-0.39, 0.29) is 17.6 Å². The van der Waals surface area contributed by atoms with Crippen molar-refractivity contribution in [1.29, 1.82) is 0 Å². The van der Waals surface area contributed by atoms with Crippen molar-refractivity contribution in [3.05, 3.63) is 104 Å². The SMILES string of the molecule is COc1ccc([C@H]2CC(=O)C3=C(C2)Nc2ccccc2N(C(=O)c2cccs2)[C@@H]3c2cccs2)cc1OC. The largest absolute Gasteiger partial charge is 0.493 e. The fourth-order valence-corrected chi connectivity index (χ4v) is 6.87. The summed E-state index contributed by atoms with van der Waals surface area (Å²) in [5.41, 5.74) is 4.10. The van der Waals surface area contributed by atoms with Gasteiger partial charge in [-0.1, -0.05) is 30.3 Å². The van der Waals surface area contributed by atoms with Crippen LogP contribution in [0.1, 0.15) is 44.9 Å². The Morgan fingerprint density at radius 1 is 0.921 bits per heavy atom. The van der Waals surface area contributed by atoms with Crippen molar-refractivity contribution in [2.24, 2.45) is 0 Å². The Hall–Kier alpha value is -3.88. The summed E-state index contributed by atoms with van der Waals surface area (Å²) in [5, 5.41) is 7.48. The van der Waals surface area contributed by atoms with E-state index < -0.39 is 6.04 Å². The van der Waals surface area contributed by atoms with Crippen molar-refractivity contribution < 1.29 is 19.1 Å². The number of hydrogen-bond acceptors (Lipinski definition) is 7. The van der Waals surface area contributed by atoms with Gasteiger partial charge < -0.3 is 14.8 Å². The molecule has 1 N–H and O–H groups in total. The minimum atomic E-state index is -0.519. The van der Waals surface area contributed by atoms with Crippen LogP contribution in [0.5, 0.6) is 11.5 Å². The molecule has 2 aromatic heterocycles. The third-order valence-electron chi connectivity index (χ3n) is 7.13. The molecular formula is C30H26N2O4S2. The Balaban J connectivity index is 1.50. The molecule has 2 aliphatic rings. The summed E-state index contributed by atoms with van der Waals surface area (Å²) >= 11 is 2.97. The molecule has 1 aliphatic heterocycles. The van der Waals surface area contributed by atoms with Crippen LogP contribution in [0.3, 0.4) is 0 Å². The van der Waals surface area contributed by atoms with E-state index in [9.17, 15) is 9.59 Å². The third-order valence-corrected chi connectivity index (χ3v) is 8.91. The average molecular weight is 543 g/mol. The van der Waals surface area contributed by atoms with E-state index in [4.69, 9.17) is 9.47 Å². The number of fused-ring (bicyclic) bond motifs is 1. The van der Waals surface area contributed by atoms with Gasteiger partial charge in [0, 0.05) is 22.6 Å². The van der Waals surface area contributed by atoms with Crippen molar-refractivity contribution in [3.8, 4) is 11.5 Å². The highest BCUT2D eigenvalue weighted by Gasteiger charge is 2.42. The van der Waals surface area contributed by atoms with E-state index in [2.05, 4.69) is 5.32 Å². The number of rotatable bonds is 5. The van der Waals surface area contributed by atoms with Crippen LogP contribution in [0, 0.1) is 0 Å². The van der Waals surface area contributed by atoms with Crippen molar-refractivity contribution in [1.82, 2.24) is 0 Å². The smallest absolute Gasteiger partial charge is 0.269 e. The van der Waals surface area contributed by atoms with Gasteiger partial charge in [0.2, 0.25) is 0 Å². The van der Waals surface area contributed by atoms with Gasteiger partial charge in [-0.15, -0.1) is 22.7 Å². The zero-order valence-corrected chi connectivity index (χ0v) is 22.6. The van der Waals surface area contributed by atoms with E-state index in [1.165, 1.54) is 11.3 Å². The van der Waals surface area contributed by atoms with Gasteiger partial charge >= 0.3 is 0 Å². The number of amides is 1. The first kappa shape index (κ1) is 24.5. The van der Waals surface area contributed by atoms with E-state index in [1.54, 1.807) is 30.5 Å². The number of nitrogens with one attached hydrogen (secondary N) is 1. The Morgan fingerprint density at radius 3 is 2.45 bits per heavy atom. The van der Waals surface area contributed by atoms with Gasteiger partial charge in [-0.25, -0.2) is 0 Å². The molecule has 0 bridgehead atoms. The molecule has 6 nitrogen and oxygen atoms in total. The Bertz CT molecular complexity index is 1530. The maximum atomic E-state index is 14.1. The van der Waals surface area contributed by atoms with Crippen LogP contribution in [0.4, 0.5) is 11.4 Å². The predicted molar refractivity (Wildman–Crippen MR) is 152 cm³/mol. The molecule has 3 heterocycles. The monoisotopic (exact) mass is 542 g/mol. The summed E-state index contributed by atoms with van der Waals surface area (Å²) in [6.07, 6.45) is 0.975. The van der Waals surface area contributed by atoms with Gasteiger partial charge in [0.05, 0.1) is 30.5 Å². The zero-order chi connectivity index (χ0) is 26.2. The highest BCUT2D eigenvalue weighted by atomic mass is 32.1. The lowest BCUT2D eigenvalue weighted by atomic mass is 9.79. The Morgan fingerprint density at radius 2 is 1.71 bits per heavy atom. The third kappa shape index (κ3) is 4.19. The number of allylic oxidation sites excluding steroid dienone is 1. The van der Waals surface area contributed by atoms with Gasteiger partial charge in [-0.3, -0.25) is 14.5 Å². The number of thiophene rings is 2. The van der Waals surface area contributed by atoms with Gasteiger partial charge in [0.15, 0.2) is 17.3 Å². The highest BCUT2D eigenvalue weighted by molar-refractivity contribution is 7.12. The fourth-order valence-electron chi connectivity index (χ4n) is 5.39. The van der Waals surface area contributed by atoms with Gasteiger partial charge in [0.25, 0.3) is 5.91 Å². The highest BCUT2D eigenvalue weighted by Crippen LogP contribution is 2.49. The minimum Gasteiger partial charge on any atom is -0.493 e. The lowest BCUT2D eigenvalue weighted by Crippen LogP contribution is -2.37. The predicted octanol–water partition coefficient (Wildman–Crippen LogP) is 7.04. The van der Waals surface area contributed by atoms with E-state index in [0.29, 0.717) is 34.8 Å². The van der Waals surface area contributed by atoms with Crippen LogP contribution < -0.4 is 19.7 Å². The maximum absolute atomic E-state index is 14.1. The van der Waals surface area contributed by atoms with Crippen LogP contribution in [0.15, 0.2) is 88.8 Å². The fraction of sp³-hybridized carbons (Fsp3) is 0.200. The Labute approximate surface area is 229 Å². The number of anilines is 2. The first-order valence-corrected chi connectivity index (χ1v) is 14.1. The second kappa shape index (κ2) is 10.1. The second-order valence-corrected chi connectivity index (χ2v) is 11.2. The molecule has 0 saturated carbocycles. The standard InChI is InChI=1S/C30H26N2O4S2/c1-35-24-12-11-18(17-25(24)36-2)19-15-21-28(23(33)16-19)29(26-9-5-13-37-26)32(30(34)27-10-6-14-38-27)22-8-4-3-7-20(22)31-21/h3-14,17,19,29,31H,15-16H2,1-2H3/t19-,29-/m1/s1. The van der Waals surface area contributed by atoms with Crippen LogP contribution in [-0.4, -0.2) is 25.9 Å². The Kier molecular flexibility index (Phi) is 6.51. The summed E-state index contributed by atoms with van der Waals surface area (Å²) in [6, 6.07) is 20.8. The number of para-hydroxylation sites is 2. The number of nitrogens with zero attached hydrogens (tertiary/aromatic N) is 1. The number of methoxy groups -OCH3 is 2. The zero-order valence-electron chi connectivity index (χ0n) is 21.0. The lowest BCUT2D eigenvalue weighted by Gasteiger charge is -2.34. The average Bonchev–Trinajstić information content (AvgIpc) is 3.65. The van der Waals surface area contributed by atoms with E-state index >= 15 is 0 Å². The minimum absolute atomic E-state index is 0.0359. The molecule has 38 heavy (non-hydrogen) atoms. The van der Waals surface area contributed by atoms with E-state index in [0.717, 1.165) is 27.5 Å². The number of benzene rings is 2. The molecule has 2 aromatic carbocycles. The number of hydrogen-bond donors (Lipinski definition) is 1. The molecule has 1 aliphatic carbocycles. The van der Waals surface area contributed by atoms with Gasteiger partial charge in [-0.05, 0) is 65.1 Å². The summed E-state index contributed by atoms with van der Waals surface area (Å²) < 4.78 is 10.9. The van der Waals surface area contributed by atoms with Crippen LogP contribution in [0.25, 0.3) is 0 Å². The molecule has 4 aromatic rings. The van der Waals surface area contributed by atoms with Crippen LogP contribution >= 0.6 is 22.7 Å². The molecule has 0 saturated heterocycles. The summed E-state index contributed by atoms with van der Waals surface area (Å²) in [7, 11) is 3.22. The molecule has 0 radical (unpaired) electrons. The molecule has 0 fully saturated rings.